The zero-order chi connectivity index (χ0) is 7.07. The first-order valence-corrected chi connectivity index (χ1v) is 2.39. The summed E-state index contributed by atoms with van der Waals surface area (Å²) in [5.41, 5.74) is 0. The van der Waals surface area contributed by atoms with E-state index in [1.165, 1.54) is 18.7 Å². The van der Waals surface area contributed by atoms with Gasteiger partial charge >= 0.3 is 0 Å². The summed E-state index contributed by atoms with van der Waals surface area (Å²) in [4.78, 5) is 3.43. The molecular weight excluding hydrogens is 134 g/mol. The Hall–Kier alpha value is -1.65. The van der Waals surface area contributed by atoms with Crippen LogP contribution in [0.25, 0.3) is 0 Å². The molecule has 0 aliphatic rings. The van der Waals surface area contributed by atoms with Crippen LogP contribution in [-0.4, -0.2) is 15.4 Å². The van der Waals surface area contributed by atoms with Gasteiger partial charge in [0.15, 0.2) is 12.5 Å². The van der Waals surface area contributed by atoms with Gasteiger partial charge in [0.25, 0.3) is 6.39 Å². The molecule has 5 heteroatoms. The van der Waals surface area contributed by atoms with E-state index in [2.05, 4.69) is 36.9 Å². The molecule has 2 aromatic rings. The zero-order valence-electron chi connectivity index (χ0n) is 4.89. The maximum atomic E-state index is 4.35. The van der Waals surface area contributed by atoms with Gasteiger partial charge in [-0.05, 0) is 0 Å². The van der Waals surface area contributed by atoms with E-state index in [4.69, 9.17) is 0 Å². The number of aromatic nitrogens is 3. The molecule has 0 fully saturated rings. The SMILES string of the molecule is [c]1conn1.[c]1ncco1. The van der Waals surface area contributed by atoms with Crippen LogP contribution < -0.4 is 0 Å². The topological polar surface area (TPSA) is 65.0 Å². The van der Waals surface area contributed by atoms with Crippen molar-refractivity contribution in [1.82, 2.24) is 15.4 Å². The Bertz CT molecular complexity index is 154. The van der Waals surface area contributed by atoms with Crippen LogP contribution >= 0.6 is 0 Å². The summed E-state index contributed by atoms with van der Waals surface area (Å²) >= 11 is 0. The van der Waals surface area contributed by atoms with Crippen LogP contribution in [0.3, 0.4) is 0 Å². The van der Waals surface area contributed by atoms with Crippen molar-refractivity contribution in [3.05, 3.63) is 31.3 Å². The number of rotatable bonds is 0. The molecule has 50 valence electrons. The van der Waals surface area contributed by atoms with E-state index in [1.54, 1.807) is 0 Å². The number of oxazole rings is 1. The summed E-state index contributed by atoms with van der Waals surface area (Å²) in [7, 11) is 0. The van der Waals surface area contributed by atoms with Crippen molar-refractivity contribution in [3.8, 4) is 0 Å². The lowest BCUT2D eigenvalue weighted by atomic mass is 11.0. The second-order valence-electron chi connectivity index (χ2n) is 1.16. The maximum absolute atomic E-state index is 4.35. The Morgan fingerprint density at radius 2 is 2.40 bits per heavy atom. The molecule has 0 unspecified atom stereocenters. The minimum absolute atomic E-state index is 1.28. The van der Waals surface area contributed by atoms with Gasteiger partial charge in [-0.15, -0.1) is 5.10 Å². The Labute approximate surface area is 56.7 Å². The fourth-order valence-corrected chi connectivity index (χ4v) is 0.270. The number of nitrogens with zero attached hydrogens (tertiary/aromatic N) is 3. The molecule has 2 aromatic heterocycles. The molecule has 2 radical (unpaired) electrons. The van der Waals surface area contributed by atoms with Crippen molar-refractivity contribution in [1.29, 1.82) is 0 Å². The van der Waals surface area contributed by atoms with E-state index in [9.17, 15) is 0 Å². The summed E-state index contributed by atoms with van der Waals surface area (Å²) < 4.78 is 8.51. The molecule has 0 aliphatic heterocycles. The first-order chi connectivity index (χ1) is 5.00. The fraction of sp³-hybridized carbons (Fsp3) is 0. The van der Waals surface area contributed by atoms with Crippen molar-refractivity contribution < 1.29 is 8.94 Å². The summed E-state index contributed by atoms with van der Waals surface area (Å²) in [6.07, 6.45) is 8.83. The van der Waals surface area contributed by atoms with Crippen molar-refractivity contribution in [2.24, 2.45) is 0 Å². The first-order valence-electron chi connectivity index (χ1n) is 2.39. The average molecular weight is 137 g/mol. The Morgan fingerprint density at radius 3 is 2.60 bits per heavy atom. The number of hydrogen-bond donors (Lipinski definition) is 0. The smallest absolute Gasteiger partial charge is 0.283 e. The van der Waals surface area contributed by atoms with Gasteiger partial charge < -0.3 is 8.94 Å². The van der Waals surface area contributed by atoms with Crippen LogP contribution in [0.5, 0.6) is 0 Å². The largest absolute Gasteiger partial charge is 0.441 e. The highest BCUT2D eigenvalue weighted by molar-refractivity contribution is 4.55. The van der Waals surface area contributed by atoms with Crippen LogP contribution in [0, 0.1) is 12.6 Å². The molecule has 0 amide bonds. The number of hydrogen-bond acceptors (Lipinski definition) is 5. The summed E-state index contributed by atoms with van der Waals surface area (Å²) in [6.45, 7) is 0. The molecule has 0 aliphatic carbocycles. The molecule has 10 heavy (non-hydrogen) atoms. The molecule has 0 aromatic carbocycles. The summed E-state index contributed by atoms with van der Waals surface area (Å²) in [5.74, 6) is 0. The standard InChI is InChI=1S/C3H2NO.C2HN2O/c1-2-5-3-4-1;1-2-5-4-3-1/h1-2H;2H. The maximum Gasteiger partial charge on any atom is 0.283 e. The monoisotopic (exact) mass is 137 g/mol. The van der Waals surface area contributed by atoms with Crippen molar-refractivity contribution >= 4 is 0 Å². The van der Waals surface area contributed by atoms with Crippen LogP contribution in [0.2, 0.25) is 0 Å². The highest BCUT2D eigenvalue weighted by atomic mass is 16.5. The van der Waals surface area contributed by atoms with Crippen LogP contribution in [0.4, 0.5) is 0 Å². The fourth-order valence-electron chi connectivity index (χ4n) is 0.270. The van der Waals surface area contributed by atoms with E-state index in [0.29, 0.717) is 0 Å². The van der Waals surface area contributed by atoms with Gasteiger partial charge in [0.2, 0.25) is 0 Å². The van der Waals surface area contributed by atoms with Crippen LogP contribution in [0.15, 0.2) is 27.7 Å². The van der Waals surface area contributed by atoms with Gasteiger partial charge in [0.1, 0.15) is 6.26 Å². The average Bonchev–Trinajstić information content (AvgIpc) is 2.67. The second kappa shape index (κ2) is 4.25. The molecule has 0 saturated heterocycles. The Morgan fingerprint density at radius 1 is 1.40 bits per heavy atom. The second-order valence-corrected chi connectivity index (χ2v) is 1.16. The van der Waals surface area contributed by atoms with E-state index in [-0.39, 0.29) is 0 Å². The van der Waals surface area contributed by atoms with Crippen LogP contribution in [-0.2, 0) is 0 Å². The molecule has 2 rings (SSSR count). The molecule has 2 heterocycles. The molecule has 0 spiro atoms. The lowest BCUT2D eigenvalue weighted by Crippen LogP contribution is -1.54. The molecule has 0 saturated carbocycles. The third-order valence-corrected chi connectivity index (χ3v) is 0.560. The lowest BCUT2D eigenvalue weighted by molar-refractivity contribution is 0.393. The van der Waals surface area contributed by atoms with Gasteiger partial charge in [0, 0.05) is 5.27 Å². The molecular formula is C5H3N3O2. The van der Waals surface area contributed by atoms with Gasteiger partial charge in [0.05, 0.1) is 6.20 Å². The Kier molecular flexibility index (Phi) is 2.75. The normalized spacial score (nSPS) is 8.00. The van der Waals surface area contributed by atoms with E-state index >= 15 is 0 Å². The van der Waals surface area contributed by atoms with Crippen molar-refractivity contribution in [2.45, 2.75) is 0 Å². The lowest BCUT2D eigenvalue weighted by Gasteiger charge is -1.44. The minimum atomic E-state index is 1.28. The van der Waals surface area contributed by atoms with Gasteiger partial charge in [-0.3, -0.25) is 0 Å². The van der Waals surface area contributed by atoms with E-state index in [1.807, 2.05) is 0 Å². The third kappa shape index (κ3) is 2.61. The van der Waals surface area contributed by atoms with Crippen molar-refractivity contribution in [3.63, 3.8) is 0 Å². The molecule has 0 atom stereocenters. The predicted octanol–water partition coefficient (Wildman–Crippen LogP) is 0.345. The molecule has 5 nitrogen and oxygen atoms in total. The van der Waals surface area contributed by atoms with E-state index < -0.39 is 0 Å². The zero-order valence-corrected chi connectivity index (χ0v) is 4.89. The molecule has 0 N–H and O–H groups in total. The summed E-state index contributed by atoms with van der Waals surface area (Å²) in [6, 6.07) is 0. The first kappa shape index (κ1) is 6.47. The highest BCUT2D eigenvalue weighted by Crippen LogP contribution is 1.70. The Balaban J connectivity index is 0.0000001000. The summed E-state index contributed by atoms with van der Waals surface area (Å²) in [5, 5.41) is 6.22. The van der Waals surface area contributed by atoms with Gasteiger partial charge in [-0.1, -0.05) is 0 Å². The quantitative estimate of drug-likeness (QED) is 0.524. The van der Waals surface area contributed by atoms with E-state index in [0.717, 1.165) is 0 Å². The highest BCUT2D eigenvalue weighted by Gasteiger charge is 1.63. The predicted molar refractivity (Wildman–Crippen MR) is 28.5 cm³/mol. The molecule has 0 bridgehead atoms. The minimum Gasteiger partial charge on any atom is -0.441 e. The van der Waals surface area contributed by atoms with Gasteiger partial charge in [-0.2, -0.15) is 0 Å². The van der Waals surface area contributed by atoms with Crippen molar-refractivity contribution in [2.75, 3.05) is 0 Å². The van der Waals surface area contributed by atoms with Gasteiger partial charge in [-0.25, -0.2) is 4.98 Å². The van der Waals surface area contributed by atoms with Crippen LogP contribution in [0.1, 0.15) is 0 Å². The third-order valence-electron chi connectivity index (χ3n) is 0.560.